The minimum absolute atomic E-state index is 0.183. The number of carbonyl (C=O) groups is 1. The van der Waals surface area contributed by atoms with Crippen LogP contribution in [0.1, 0.15) is 53.2 Å². The van der Waals surface area contributed by atoms with Crippen LogP contribution in [0.2, 0.25) is 0 Å². The Labute approximate surface area is 162 Å². The minimum atomic E-state index is -0.649. The fraction of sp³-hybridized carbons (Fsp3) is 0.333. The number of amides is 1. The van der Waals surface area contributed by atoms with Crippen molar-refractivity contribution in [2.45, 2.75) is 38.6 Å². The van der Waals surface area contributed by atoms with E-state index in [4.69, 9.17) is 4.42 Å². The summed E-state index contributed by atoms with van der Waals surface area (Å²) in [5.74, 6) is 0.662. The van der Waals surface area contributed by atoms with Crippen molar-refractivity contribution in [2.24, 2.45) is 0 Å². The average Bonchev–Trinajstić information content (AvgIpc) is 3.29. The molecule has 2 aromatic heterocycles. The van der Waals surface area contributed by atoms with Gasteiger partial charge in [0.15, 0.2) is 0 Å². The van der Waals surface area contributed by atoms with Crippen molar-refractivity contribution in [3.8, 4) is 0 Å². The van der Waals surface area contributed by atoms with Gasteiger partial charge >= 0.3 is 0 Å². The van der Waals surface area contributed by atoms with E-state index in [1.807, 2.05) is 19.9 Å². The van der Waals surface area contributed by atoms with E-state index in [0.29, 0.717) is 30.3 Å². The van der Waals surface area contributed by atoms with Crippen LogP contribution >= 0.6 is 0 Å². The smallest absolute Gasteiger partial charge is 0.274 e. The molecule has 3 heterocycles. The van der Waals surface area contributed by atoms with Gasteiger partial charge in [-0.1, -0.05) is 12.1 Å². The molecule has 1 fully saturated rings. The molecule has 0 unspecified atom stereocenters. The first-order valence-corrected chi connectivity index (χ1v) is 9.26. The van der Waals surface area contributed by atoms with Gasteiger partial charge in [0, 0.05) is 19.2 Å². The molecule has 1 aromatic carbocycles. The Morgan fingerprint density at radius 3 is 2.86 bits per heavy atom. The van der Waals surface area contributed by atoms with E-state index in [2.05, 4.69) is 15.0 Å². The topological polar surface area (TPSA) is 72.1 Å². The maximum Gasteiger partial charge on any atom is 0.274 e. The number of hydrogen-bond acceptors (Lipinski definition) is 5. The Kier molecular flexibility index (Phi) is 4.66. The molecule has 1 aliphatic rings. The Morgan fingerprint density at radius 2 is 2.11 bits per heavy atom. The van der Waals surface area contributed by atoms with E-state index >= 15 is 0 Å². The summed E-state index contributed by atoms with van der Waals surface area (Å²) in [5, 5.41) is 0. The molecule has 0 aliphatic carbocycles. The van der Waals surface area contributed by atoms with Crippen molar-refractivity contribution >= 4 is 5.91 Å². The van der Waals surface area contributed by atoms with Crippen LogP contribution in [-0.2, 0) is 12.0 Å². The van der Waals surface area contributed by atoms with Gasteiger partial charge in [-0.3, -0.25) is 9.78 Å². The van der Waals surface area contributed by atoms with Gasteiger partial charge in [0.2, 0.25) is 5.89 Å². The molecule has 4 rings (SSSR count). The highest BCUT2D eigenvalue weighted by Gasteiger charge is 2.45. The molecule has 1 aliphatic heterocycles. The van der Waals surface area contributed by atoms with Crippen molar-refractivity contribution in [3.63, 3.8) is 0 Å². The molecule has 144 valence electrons. The number of halogens is 1. The quantitative estimate of drug-likeness (QED) is 0.691. The molecule has 3 aromatic rings. The molecule has 1 amide bonds. The first-order chi connectivity index (χ1) is 13.5. The van der Waals surface area contributed by atoms with Crippen LogP contribution in [0.25, 0.3) is 0 Å². The van der Waals surface area contributed by atoms with Gasteiger partial charge in [-0.2, -0.15) is 0 Å². The first kappa shape index (κ1) is 18.3. The second kappa shape index (κ2) is 7.14. The predicted molar refractivity (Wildman–Crippen MR) is 100 cm³/mol. The van der Waals surface area contributed by atoms with Crippen LogP contribution in [0.4, 0.5) is 4.39 Å². The largest absolute Gasteiger partial charge is 0.443 e. The minimum Gasteiger partial charge on any atom is -0.443 e. The molecule has 6 nitrogen and oxygen atoms in total. The van der Waals surface area contributed by atoms with Crippen molar-refractivity contribution < 1.29 is 13.6 Å². The van der Waals surface area contributed by atoms with Gasteiger partial charge in [-0.15, -0.1) is 0 Å². The van der Waals surface area contributed by atoms with Gasteiger partial charge in [0.1, 0.15) is 22.8 Å². The van der Waals surface area contributed by atoms with Crippen LogP contribution < -0.4 is 0 Å². The zero-order valence-corrected chi connectivity index (χ0v) is 15.9. The fourth-order valence-corrected chi connectivity index (χ4v) is 3.64. The van der Waals surface area contributed by atoms with Crippen LogP contribution in [0.3, 0.4) is 0 Å². The lowest BCUT2D eigenvalue weighted by Crippen LogP contribution is -2.43. The van der Waals surface area contributed by atoms with Gasteiger partial charge < -0.3 is 9.32 Å². The number of carbonyl (C=O) groups excluding carboxylic acids is 1. The van der Waals surface area contributed by atoms with E-state index in [1.54, 1.807) is 23.4 Å². The number of benzene rings is 1. The lowest BCUT2D eigenvalue weighted by molar-refractivity contribution is 0.0557. The summed E-state index contributed by atoms with van der Waals surface area (Å²) >= 11 is 0. The van der Waals surface area contributed by atoms with Gasteiger partial charge in [-0.25, -0.2) is 14.4 Å². The summed E-state index contributed by atoms with van der Waals surface area (Å²) in [4.78, 5) is 27.6. The third-order valence-corrected chi connectivity index (χ3v) is 5.17. The summed E-state index contributed by atoms with van der Waals surface area (Å²) in [7, 11) is 0. The molecule has 0 bridgehead atoms. The summed E-state index contributed by atoms with van der Waals surface area (Å²) in [6, 6.07) is 6.40. The normalized spacial score (nSPS) is 19.2. The number of hydrogen-bond donors (Lipinski definition) is 0. The van der Waals surface area contributed by atoms with Crippen molar-refractivity contribution in [3.05, 3.63) is 77.3 Å². The molecule has 1 atom stereocenters. The summed E-state index contributed by atoms with van der Waals surface area (Å²) in [6.45, 7) is 4.39. The van der Waals surface area contributed by atoms with Crippen molar-refractivity contribution in [1.82, 2.24) is 19.9 Å². The van der Waals surface area contributed by atoms with Crippen molar-refractivity contribution in [1.29, 1.82) is 0 Å². The molecule has 0 saturated carbocycles. The highest BCUT2D eigenvalue weighted by Crippen LogP contribution is 2.39. The Balaban J connectivity index is 1.57. The lowest BCUT2D eigenvalue weighted by atomic mass is 9.98. The molecule has 0 radical (unpaired) electrons. The van der Waals surface area contributed by atoms with Gasteiger partial charge in [0.05, 0.1) is 18.1 Å². The Morgan fingerprint density at radius 1 is 1.25 bits per heavy atom. The number of rotatable bonds is 4. The predicted octanol–water partition coefficient (Wildman–Crippen LogP) is 3.65. The Bertz CT molecular complexity index is 1000. The number of oxazole rings is 1. The molecule has 1 saturated heterocycles. The summed E-state index contributed by atoms with van der Waals surface area (Å²) < 4.78 is 19.4. The van der Waals surface area contributed by atoms with E-state index in [-0.39, 0.29) is 11.7 Å². The van der Waals surface area contributed by atoms with Crippen molar-refractivity contribution in [2.75, 3.05) is 6.54 Å². The Hall–Kier alpha value is -3.09. The first-order valence-electron chi connectivity index (χ1n) is 9.26. The fourth-order valence-electron chi connectivity index (χ4n) is 3.64. The molecule has 28 heavy (non-hydrogen) atoms. The van der Waals surface area contributed by atoms with Crippen LogP contribution in [0.15, 0.2) is 47.3 Å². The maximum absolute atomic E-state index is 13.4. The lowest BCUT2D eigenvalue weighted by Gasteiger charge is -2.32. The molecular formula is C21H21FN4O2. The van der Waals surface area contributed by atoms with Gasteiger partial charge in [0.25, 0.3) is 5.91 Å². The third kappa shape index (κ3) is 3.40. The monoisotopic (exact) mass is 380 g/mol. The maximum atomic E-state index is 13.4. The second-order valence-corrected chi connectivity index (χ2v) is 7.32. The zero-order valence-electron chi connectivity index (χ0n) is 15.9. The molecule has 0 spiro atoms. The summed E-state index contributed by atoms with van der Waals surface area (Å²) in [5.41, 5.74) is 1.23. The number of aryl methyl sites for hydroxylation is 1. The number of likely N-dealkylation sites (tertiary alicyclic amines) is 1. The SMILES string of the molecule is Cc1cnc(C(=O)N2CCC[C@@]2(C)c2ncc(Cc3cccc(F)c3)o2)cn1. The van der Waals surface area contributed by atoms with E-state index in [9.17, 15) is 9.18 Å². The van der Waals surface area contributed by atoms with Crippen LogP contribution in [0.5, 0.6) is 0 Å². The van der Waals surface area contributed by atoms with Gasteiger partial charge in [-0.05, 0) is 44.4 Å². The van der Waals surface area contributed by atoms with E-state index in [1.165, 1.54) is 18.3 Å². The average molecular weight is 380 g/mol. The molecular weight excluding hydrogens is 359 g/mol. The second-order valence-electron chi connectivity index (χ2n) is 7.32. The third-order valence-electron chi connectivity index (χ3n) is 5.17. The molecule has 7 heteroatoms. The number of aromatic nitrogens is 3. The van der Waals surface area contributed by atoms with E-state index in [0.717, 1.165) is 24.1 Å². The molecule has 0 N–H and O–H groups in total. The van der Waals surface area contributed by atoms with Crippen LogP contribution in [-0.4, -0.2) is 32.3 Å². The summed E-state index contributed by atoms with van der Waals surface area (Å²) in [6.07, 6.45) is 6.78. The zero-order chi connectivity index (χ0) is 19.7. The van der Waals surface area contributed by atoms with Crippen LogP contribution in [0, 0.1) is 12.7 Å². The standard InChI is InChI=1S/C21H21FN4O2/c1-14-11-24-18(13-23-14)19(27)26-8-4-7-21(26,2)20-25-12-17(28-20)10-15-5-3-6-16(22)9-15/h3,5-6,9,11-13H,4,7-8,10H2,1-2H3/t21-/m0/s1. The highest BCUT2D eigenvalue weighted by molar-refractivity contribution is 5.92. The van der Waals surface area contributed by atoms with E-state index < -0.39 is 5.54 Å². The number of nitrogens with zero attached hydrogens (tertiary/aromatic N) is 4. The highest BCUT2D eigenvalue weighted by atomic mass is 19.1.